The maximum atomic E-state index is 12.7. The minimum atomic E-state index is -4.51. The summed E-state index contributed by atoms with van der Waals surface area (Å²) in [5, 5.41) is 15.2. The van der Waals surface area contributed by atoms with Gasteiger partial charge in [-0.1, -0.05) is 22.9 Å². The summed E-state index contributed by atoms with van der Waals surface area (Å²) in [4.78, 5) is 12.6. The number of carbonyl (C=O) groups excluding carboxylic acids is 1. The van der Waals surface area contributed by atoms with Gasteiger partial charge in [-0.3, -0.25) is 4.79 Å². The Labute approximate surface area is 148 Å². The van der Waals surface area contributed by atoms with Crippen LogP contribution in [0.2, 0.25) is 5.02 Å². The van der Waals surface area contributed by atoms with Crippen molar-refractivity contribution in [2.75, 3.05) is 5.32 Å². The van der Waals surface area contributed by atoms with Crippen LogP contribution in [-0.4, -0.2) is 25.7 Å². The summed E-state index contributed by atoms with van der Waals surface area (Å²) in [7, 11) is 0. The number of nitrogens with one attached hydrogen (secondary N) is 1. The van der Waals surface area contributed by atoms with Crippen LogP contribution < -0.4 is 5.32 Å². The van der Waals surface area contributed by atoms with E-state index in [4.69, 9.17) is 11.6 Å². The maximum Gasteiger partial charge on any atom is 0.416 e. The summed E-state index contributed by atoms with van der Waals surface area (Å²) in [5.41, 5.74) is -0.952. The van der Waals surface area contributed by atoms with Crippen LogP contribution in [0.1, 0.15) is 22.8 Å². The number of aromatic nitrogens is 4. The summed E-state index contributed by atoms with van der Waals surface area (Å²) in [6, 6.07) is 2.78. The van der Waals surface area contributed by atoms with Crippen molar-refractivity contribution in [1.82, 2.24) is 19.8 Å². The lowest BCUT2D eigenvalue weighted by Crippen LogP contribution is -2.14. The number of carbonyl (C=O) groups is 1. The quantitative estimate of drug-likeness (QED) is 0.737. The van der Waals surface area contributed by atoms with Gasteiger partial charge in [0.05, 0.1) is 16.3 Å². The number of hydrogen-bond donors (Lipinski definition) is 1. The van der Waals surface area contributed by atoms with Crippen LogP contribution in [0.5, 0.6) is 0 Å². The van der Waals surface area contributed by atoms with Gasteiger partial charge in [0, 0.05) is 12.8 Å². The van der Waals surface area contributed by atoms with Crippen molar-refractivity contribution in [1.29, 1.82) is 0 Å². The van der Waals surface area contributed by atoms with E-state index >= 15 is 0 Å². The fourth-order valence-corrected chi connectivity index (χ4v) is 3.13. The molecule has 2 aromatic heterocycles. The molecule has 1 amide bonds. The van der Waals surface area contributed by atoms with E-state index in [2.05, 4.69) is 20.6 Å². The van der Waals surface area contributed by atoms with Crippen molar-refractivity contribution in [3.63, 3.8) is 0 Å². The highest BCUT2D eigenvalue weighted by atomic mass is 35.5. The van der Waals surface area contributed by atoms with Gasteiger partial charge < -0.3 is 5.32 Å². The van der Waals surface area contributed by atoms with Gasteiger partial charge in [-0.15, -0.1) is 10.2 Å². The first-order valence-corrected chi connectivity index (χ1v) is 8.28. The summed E-state index contributed by atoms with van der Waals surface area (Å²) in [5.74, 6) is 0.182. The number of nitrogens with zero attached hydrogens (tertiary/aromatic N) is 4. The smallest absolute Gasteiger partial charge is 0.325 e. The predicted octanol–water partition coefficient (Wildman–Crippen LogP) is 3.74. The Morgan fingerprint density at radius 1 is 1.36 bits per heavy atom. The zero-order chi connectivity index (χ0) is 18.2. The highest BCUT2D eigenvalue weighted by molar-refractivity contribution is 7.16. The Morgan fingerprint density at radius 2 is 2.12 bits per heavy atom. The first kappa shape index (κ1) is 17.6. The molecule has 0 aliphatic carbocycles. The molecule has 0 spiro atoms. The van der Waals surface area contributed by atoms with E-state index in [1.165, 1.54) is 11.3 Å². The Balaban J connectivity index is 1.66. The van der Waals surface area contributed by atoms with E-state index in [9.17, 15) is 18.0 Å². The van der Waals surface area contributed by atoms with Gasteiger partial charge in [0.1, 0.15) is 5.01 Å². The minimum absolute atomic E-state index is 0.0377. The zero-order valence-electron chi connectivity index (χ0n) is 12.8. The molecule has 0 saturated heterocycles. The molecule has 11 heteroatoms. The number of fused-ring (bicyclic) bond motifs is 1. The SMILES string of the molecule is Cc1nnc2sc(CCC(=O)Nc3cc(C(F)(F)F)ccc3Cl)nn12. The van der Waals surface area contributed by atoms with Crippen molar-refractivity contribution < 1.29 is 18.0 Å². The zero-order valence-corrected chi connectivity index (χ0v) is 14.3. The third-order valence-corrected chi connectivity index (χ3v) is 4.61. The number of anilines is 1. The van der Waals surface area contributed by atoms with Gasteiger partial charge in [-0.2, -0.15) is 22.8 Å². The highest BCUT2D eigenvalue weighted by Gasteiger charge is 2.31. The summed E-state index contributed by atoms with van der Waals surface area (Å²) in [6.07, 6.45) is -4.13. The summed E-state index contributed by atoms with van der Waals surface area (Å²) >= 11 is 7.15. The molecule has 1 aromatic carbocycles. The van der Waals surface area contributed by atoms with Gasteiger partial charge in [0.25, 0.3) is 0 Å². The van der Waals surface area contributed by atoms with Crippen LogP contribution in [0.25, 0.3) is 4.96 Å². The molecule has 0 bridgehead atoms. The molecule has 0 radical (unpaired) electrons. The van der Waals surface area contributed by atoms with Crippen molar-refractivity contribution in [2.45, 2.75) is 25.9 Å². The average molecular weight is 390 g/mol. The predicted molar refractivity (Wildman–Crippen MR) is 86.8 cm³/mol. The van der Waals surface area contributed by atoms with Crippen molar-refractivity contribution in [3.8, 4) is 0 Å². The van der Waals surface area contributed by atoms with Crippen LogP contribution >= 0.6 is 22.9 Å². The average Bonchev–Trinajstić information content (AvgIpc) is 3.08. The van der Waals surface area contributed by atoms with Gasteiger partial charge in [-0.25, -0.2) is 0 Å². The van der Waals surface area contributed by atoms with E-state index in [0.29, 0.717) is 22.2 Å². The molecule has 0 unspecified atom stereocenters. The van der Waals surface area contributed by atoms with Crippen LogP contribution in [0, 0.1) is 6.92 Å². The van der Waals surface area contributed by atoms with Crippen LogP contribution in [-0.2, 0) is 17.4 Å². The third-order valence-electron chi connectivity index (χ3n) is 3.32. The van der Waals surface area contributed by atoms with Crippen molar-refractivity contribution in [3.05, 3.63) is 39.6 Å². The van der Waals surface area contributed by atoms with E-state index < -0.39 is 17.6 Å². The summed E-state index contributed by atoms with van der Waals surface area (Å²) in [6.45, 7) is 1.76. The van der Waals surface area contributed by atoms with E-state index in [1.54, 1.807) is 11.4 Å². The molecule has 25 heavy (non-hydrogen) atoms. The van der Waals surface area contributed by atoms with E-state index in [-0.39, 0.29) is 17.1 Å². The number of aryl methyl sites for hydroxylation is 2. The van der Waals surface area contributed by atoms with Crippen LogP contribution in [0.4, 0.5) is 18.9 Å². The standard InChI is InChI=1S/C14H11ClF3N5OS/c1-7-20-21-13-23(7)22-12(25-13)5-4-11(24)19-10-6-8(14(16,17)18)2-3-9(10)15/h2-3,6H,4-5H2,1H3,(H,19,24). The molecule has 0 aliphatic heterocycles. The Morgan fingerprint density at radius 3 is 2.80 bits per heavy atom. The minimum Gasteiger partial charge on any atom is -0.325 e. The Bertz CT molecular complexity index is 936. The fourth-order valence-electron chi connectivity index (χ4n) is 2.09. The van der Waals surface area contributed by atoms with E-state index in [1.807, 2.05) is 0 Å². The van der Waals surface area contributed by atoms with Crippen molar-refractivity contribution in [2.24, 2.45) is 0 Å². The highest BCUT2D eigenvalue weighted by Crippen LogP contribution is 2.33. The molecule has 3 rings (SSSR count). The lowest BCUT2D eigenvalue weighted by atomic mass is 10.2. The molecule has 2 heterocycles. The number of halogens is 4. The second-order valence-electron chi connectivity index (χ2n) is 5.18. The first-order chi connectivity index (χ1) is 11.7. The second-order valence-corrected chi connectivity index (χ2v) is 6.63. The van der Waals surface area contributed by atoms with Crippen LogP contribution in [0.3, 0.4) is 0 Å². The van der Waals surface area contributed by atoms with Crippen LogP contribution in [0.15, 0.2) is 18.2 Å². The number of rotatable bonds is 4. The van der Waals surface area contributed by atoms with Crippen molar-refractivity contribution >= 4 is 39.5 Å². The van der Waals surface area contributed by atoms with Gasteiger partial charge in [0.2, 0.25) is 10.9 Å². The second kappa shape index (κ2) is 6.60. The molecule has 1 N–H and O–H groups in total. The first-order valence-electron chi connectivity index (χ1n) is 7.08. The topological polar surface area (TPSA) is 72.2 Å². The maximum absolute atomic E-state index is 12.7. The molecule has 3 aromatic rings. The fraction of sp³-hybridized carbons (Fsp3) is 0.286. The number of amides is 1. The lowest BCUT2D eigenvalue weighted by molar-refractivity contribution is -0.137. The van der Waals surface area contributed by atoms with Gasteiger partial charge in [-0.05, 0) is 25.1 Å². The lowest BCUT2D eigenvalue weighted by Gasteiger charge is -2.11. The molecular formula is C14H11ClF3N5OS. The largest absolute Gasteiger partial charge is 0.416 e. The third kappa shape index (κ3) is 3.90. The molecular weight excluding hydrogens is 379 g/mol. The van der Waals surface area contributed by atoms with Gasteiger partial charge in [0.15, 0.2) is 5.82 Å². The summed E-state index contributed by atoms with van der Waals surface area (Å²) < 4.78 is 39.8. The number of alkyl halides is 3. The van der Waals surface area contributed by atoms with E-state index in [0.717, 1.165) is 18.2 Å². The normalized spacial score (nSPS) is 11.9. The molecule has 0 fully saturated rings. The monoisotopic (exact) mass is 389 g/mol. The number of hydrogen-bond acceptors (Lipinski definition) is 5. The molecule has 0 saturated carbocycles. The molecule has 0 atom stereocenters. The molecule has 6 nitrogen and oxygen atoms in total. The molecule has 132 valence electrons. The Hall–Kier alpha value is -2.20. The molecule has 0 aliphatic rings. The van der Waals surface area contributed by atoms with Gasteiger partial charge >= 0.3 is 6.18 Å². The Kier molecular flexibility index (Phi) is 4.65. The number of benzene rings is 1.